The molecule has 0 aliphatic carbocycles. The monoisotopic (exact) mass is 321 g/mol. The molecule has 0 saturated carbocycles. The first kappa shape index (κ1) is 14.4. The quantitative estimate of drug-likeness (QED) is 0.902. The molecule has 3 rings (SSSR count). The second-order valence-electron chi connectivity index (χ2n) is 4.58. The first-order chi connectivity index (χ1) is 10.1. The van der Waals surface area contributed by atoms with Crippen LogP contribution in [-0.2, 0) is 16.6 Å². The summed E-state index contributed by atoms with van der Waals surface area (Å²) in [4.78, 5) is 5.46. The number of benzene rings is 1. The van der Waals surface area contributed by atoms with Crippen molar-refractivity contribution < 1.29 is 8.42 Å². The van der Waals surface area contributed by atoms with E-state index in [-0.39, 0.29) is 11.4 Å². The van der Waals surface area contributed by atoms with Crippen LogP contribution in [0, 0.1) is 0 Å². The van der Waals surface area contributed by atoms with Gasteiger partial charge in [0.05, 0.1) is 17.1 Å². The number of sulfonamides is 1. The first-order valence-electron chi connectivity index (χ1n) is 6.55. The number of thioether (sulfide) groups is 1. The zero-order valence-corrected chi connectivity index (χ0v) is 12.9. The number of rotatable bonds is 4. The zero-order valence-electron chi connectivity index (χ0n) is 11.2. The summed E-state index contributed by atoms with van der Waals surface area (Å²) in [7, 11) is -3.53. The van der Waals surface area contributed by atoms with Crippen LogP contribution < -0.4 is 10.0 Å². The fraction of sp³-hybridized carbons (Fsp3) is 0.214. The van der Waals surface area contributed by atoms with Gasteiger partial charge in [0, 0.05) is 29.1 Å². The van der Waals surface area contributed by atoms with Crippen LogP contribution in [0.3, 0.4) is 0 Å². The van der Waals surface area contributed by atoms with Crippen LogP contribution in [0.2, 0.25) is 0 Å². The minimum absolute atomic E-state index is 0.183. The van der Waals surface area contributed by atoms with Crippen molar-refractivity contribution in [2.75, 3.05) is 17.6 Å². The van der Waals surface area contributed by atoms with Gasteiger partial charge in [0.1, 0.15) is 0 Å². The Morgan fingerprint density at radius 1 is 1.29 bits per heavy atom. The summed E-state index contributed by atoms with van der Waals surface area (Å²) in [6.45, 7) is 1.03. The maximum atomic E-state index is 12.3. The van der Waals surface area contributed by atoms with E-state index in [1.807, 2.05) is 12.1 Å². The highest BCUT2D eigenvalue weighted by Crippen LogP contribution is 2.32. The Morgan fingerprint density at radius 3 is 3.00 bits per heavy atom. The molecule has 0 saturated heterocycles. The van der Waals surface area contributed by atoms with Crippen molar-refractivity contribution >= 4 is 27.5 Å². The third-order valence-electron chi connectivity index (χ3n) is 3.11. The lowest BCUT2D eigenvalue weighted by molar-refractivity contribution is 0.580. The van der Waals surface area contributed by atoms with E-state index in [0.29, 0.717) is 5.69 Å². The van der Waals surface area contributed by atoms with Gasteiger partial charge in [0.25, 0.3) is 0 Å². The van der Waals surface area contributed by atoms with Crippen LogP contribution in [0.15, 0.2) is 52.4 Å². The Labute approximate surface area is 128 Å². The molecule has 0 fully saturated rings. The Morgan fingerprint density at radius 2 is 2.19 bits per heavy atom. The molecule has 0 amide bonds. The molecule has 0 radical (unpaired) electrons. The Bertz CT molecular complexity index is 733. The molecule has 1 aliphatic rings. The van der Waals surface area contributed by atoms with Crippen LogP contribution in [-0.4, -0.2) is 25.7 Å². The topological polar surface area (TPSA) is 71.1 Å². The maximum Gasteiger partial charge on any atom is 0.240 e. The van der Waals surface area contributed by atoms with Crippen LogP contribution in [0.5, 0.6) is 0 Å². The molecule has 7 heteroatoms. The van der Waals surface area contributed by atoms with E-state index in [2.05, 4.69) is 15.0 Å². The number of hydrogen-bond acceptors (Lipinski definition) is 5. The molecule has 0 atom stereocenters. The average Bonchev–Trinajstić information content (AvgIpc) is 2.53. The van der Waals surface area contributed by atoms with Gasteiger partial charge in [-0.15, -0.1) is 11.8 Å². The molecule has 1 aromatic carbocycles. The molecule has 21 heavy (non-hydrogen) atoms. The van der Waals surface area contributed by atoms with Gasteiger partial charge >= 0.3 is 0 Å². The molecule has 2 N–H and O–H groups in total. The third kappa shape index (κ3) is 3.37. The van der Waals surface area contributed by atoms with E-state index >= 15 is 0 Å². The lowest BCUT2D eigenvalue weighted by Gasteiger charge is -2.18. The molecule has 2 heterocycles. The zero-order chi connectivity index (χ0) is 14.7. The molecule has 2 aromatic rings. The number of fused-ring (bicyclic) bond motifs is 1. The van der Waals surface area contributed by atoms with Crippen molar-refractivity contribution in [1.29, 1.82) is 0 Å². The largest absolute Gasteiger partial charge is 0.383 e. The van der Waals surface area contributed by atoms with Gasteiger partial charge < -0.3 is 5.32 Å². The highest BCUT2D eigenvalue weighted by atomic mass is 32.2. The Hall–Kier alpha value is -1.57. The van der Waals surface area contributed by atoms with Crippen LogP contribution in [0.4, 0.5) is 5.69 Å². The lowest BCUT2D eigenvalue weighted by atomic mass is 10.3. The molecule has 1 aromatic heterocycles. The second-order valence-corrected chi connectivity index (χ2v) is 7.48. The summed E-state index contributed by atoms with van der Waals surface area (Å²) in [5.41, 5.74) is 1.57. The van der Waals surface area contributed by atoms with Gasteiger partial charge in [-0.05, 0) is 30.3 Å². The minimum Gasteiger partial charge on any atom is -0.383 e. The van der Waals surface area contributed by atoms with Gasteiger partial charge in [-0.2, -0.15) is 0 Å². The van der Waals surface area contributed by atoms with E-state index in [4.69, 9.17) is 0 Å². The number of hydrogen-bond donors (Lipinski definition) is 2. The number of nitrogens with zero attached hydrogens (tertiary/aromatic N) is 1. The highest BCUT2D eigenvalue weighted by molar-refractivity contribution is 7.99. The molecule has 5 nitrogen and oxygen atoms in total. The number of anilines is 1. The van der Waals surface area contributed by atoms with E-state index < -0.39 is 10.0 Å². The molecule has 0 spiro atoms. The Balaban J connectivity index is 1.78. The summed E-state index contributed by atoms with van der Waals surface area (Å²) >= 11 is 1.73. The van der Waals surface area contributed by atoms with Crippen molar-refractivity contribution in [3.05, 3.63) is 48.3 Å². The van der Waals surface area contributed by atoms with Crippen LogP contribution in [0.1, 0.15) is 5.69 Å². The SMILES string of the molecule is O=S(=O)(NCc1ccccn1)c1ccc2c(c1)NCCS2. The number of nitrogens with one attached hydrogen (secondary N) is 2. The Kier molecular flexibility index (Phi) is 4.14. The van der Waals surface area contributed by atoms with Crippen molar-refractivity contribution in [1.82, 2.24) is 9.71 Å². The highest BCUT2D eigenvalue weighted by Gasteiger charge is 2.17. The predicted molar refractivity (Wildman–Crippen MR) is 83.9 cm³/mol. The van der Waals surface area contributed by atoms with E-state index in [1.54, 1.807) is 42.2 Å². The van der Waals surface area contributed by atoms with E-state index in [0.717, 1.165) is 22.9 Å². The maximum absolute atomic E-state index is 12.3. The summed E-state index contributed by atoms with van der Waals surface area (Å²) in [6.07, 6.45) is 1.64. The normalized spacial score (nSPS) is 14.3. The predicted octanol–water partition coefficient (Wildman–Crippen LogP) is 2.08. The van der Waals surface area contributed by atoms with Gasteiger partial charge in [0.2, 0.25) is 10.0 Å². The van der Waals surface area contributed by atoms with Gasteiger partial charge in [-0.3, -0.25) is 4.98 Å². The summed E-state index contributed by atoms with van der Waals surface area (Å²) < 4.78 is 27.2. The lowest BCUT2D eigenvalue weighted by Crippen LogP contribution is -2.24. The van der Waals surface area contributed by atoms with Crippen molar-refractivity contribution in [2.45, 2.75) is 16.3 Å². The molecule has 1 aliphatic heterocycles. The average molecular weight is 321 g/mol. The van der Waals surface area contributed by atoms with Gasteiger partial charge in [-0.25, -0.2) is 13.1 Å². The van der Waals surface area contributed by atoms with Crippen LogP contribution in [0.25, 0.3) is 0 Å². The van der Waals surface area contributed by atoms with Crippen molar-refractivity contribution in [3.63, 3.8) is 0 Å². The number of pyridine rings is 1. The standard InChI is InChI=1S/C14H15N3O2S2/c18-21(19,17-10-11-3-1-2-6-15-11)12-4-5-14-13(9-12)16-7-8-20-14/h1-6,9,16-17H,7-8,10H2. The van der Waals surface area contributed by atoms with Crippen molar-refractivity contribution in [3.8, 4) is 0 Å². The smallest absolute Gasteiger partial charge is 0.240 e. The van der Waals surface area contributed by atoms with Crippen LogP contribution >= 0.6 is 11.8 Å². The number of aromatic nitrogens is 1. The molecule has 0 unspecified atom stereocenters. The molecule has 0 bridgehead atoms. The summed E-state index contributed by atoms with van der Waals surface area (Å²) in [5.74, 6) is 0.997. The minimum atomic E-state index is -3.53. The second kappa shape index (κ2) is 6.05. The fourth-order valence-corrected chi connectivity index (χ4v) is 3.94. The molecule has 110 valence electrons. The molecular formula is C14H15N3O2S2. The molecular weight excluding hydrogens is 306 g/mol. The van der Waals surface area contributed by atoms with Gasteiger partial charge in [-0.1, -0.05) is 6.07 Å². The van der Waals surface area contributed by atoms with E-state index in [1.165, 1.54) is 0 Å². The van der Waals surface area contributed by atoms with Gasteiger partial charge in [0.15, 0.2) is 0 Å². The summed E-state index contributed by atoms with van der Waals surface area (Å²) in [5, 5.41) is 3.22. The summed E-state index contributed by atoms with van der Waals surface area (Å²) in [6, 6.07) is 10.6. The van der Waals surface area contributed by atoms with Crippen molar-refractivity contribution in [2.24, 2.45) is 0 Å². The first-order valence-corrected chi connectivity index (χ1v) is 9.02. The van der Waals surface area contributed by atoms with E-state index in [9.17, 15) is 8.42 Å². The fourth-order valence-electron chi connectivity index (χ4n) is 2.04. The third-order valence-corrected chi connectivity index (χ3v) is 5.58.